The predicted molar refractivity (Wildman–Crippen MR) is 89.5 cm³/mol. The van der Waals surface area contributed by atoms with Crippen LogP contribution in [-0.2, 0) is 16.6 Å². The molecule has 2 aromatic rings. The Morgan fingerprint density at radius 2 is 1.90 bits per heavy atom. The molecule has 7 heteroatoms. The molecule has 1 aromatic heterocycles. The standard InChI is InChI=1S/C14H14Br2N2O2S/c1-10-4-3-5-12(17-10)9-18(2)21(19,20)14-7-6-11(15)8-13(14)16/h3-8H,9H2,1-2H3. The molecule has 0 aliphatic heterocycles. The van der Waals surface area contributed by atoms with Crippen LogP contribution in [0, 0.1) is 6.92 Å². The van der Waals surface area contributed by atoms with Crippen molar-refractivity contribution in [2.24, 2.45) is 0 Å². The largest absolute Gasteiger partial charge is 0.257 e. The van der Waals surface area contributed by atoms with Crippen LogP contribution in [0.4, 0.5) is 0 Å². The molecule has 0 bridgehead atoms. The first kappa shape index (κ1) is 16.6. The summed E-state index contributed by atoms with van der Waals surface area (Å²) in [5.74, 6) is 0. The van der Waals surface area contributed by atoms with E-state index in [1.807, 2.05) is 25.1 Å². The highest BCUT2D eigenvalue weighted by atomic mass is 79.9. The van der Waals surface area contributed by atoms with Gasteiger partial charge >= 0.3 is 0 Å². The Bertz CT molecular complexity index is 763. The van der Waals surface area contributed by atoms with Crippen LogP contribution in [0.15, 0.2) is 50.2 Å². The molecule has 112 valence electrons. The minimum Gasteiger partial charge on any atom is -0.257 e. The van der Waals surface area contributed by atoms with Gasteiger partial charge in [0.1, 0.15) is 0 Å². The molecule has 4 nitrogen and oxygen atoms in total. The second kappa shape index (κ2) is 6.56. The van der Waals surface area contributed by atoms with Crippen LogP contribution < -0.4 is 0 Å². The summed E-state index contributed by atoms with van der Waals surface area (Å²) in [4.78, 5) is 4.57. The zero-order valence-corrected chi connectivity index (χ0v) is 15.5. The third kappa shape index (κ3) is 3.91. The van der Waals surface area contributed by atoms with Gasteiger partial charge in [0.15, 0.2) is 0 Å². The highest BCUT2D eigenvalue weighted by Crippen LogP contribution is 2.28. The van der Waals surface area contributed by atoms with Gasteiger partial charge in [0.2, 0.25) is 10.0 Å². The maximum absolute atomic E-state index is 12.6. The summed E-state index contributed by atoms with van der Waals surface area (Å²) < 4.78 is 27.9. The number of aryl methyl sites for hydroxylation is 1. The molecule has 1 heterocycles. The van der Waals surface area contributed by atoms with E-state index in [1.165, 1.54) is 4.31 Å². The molecule has 0 saturated heterocycles. The average molecular weight is 434 g/mol. The molecule has 0 atom stereocenters. The van der Waals surface area contributed by atoms with E-state index >= 15 is 0 Å². The Morgan fingerprint density at radius 3 is 2.52 bits per heavy atom. The zero-order valence-electron chi connectivity index (χ0n) is 11.5. The van der Waals surface area contributed by atoms with Crippen LogP contribution in [0.25, 0.3) is 0 Å². The molecule has 21 heavy (non-hydrogen) atoms. The quantitative estimate of drug-likeness (QED) is 0.737. The molecule has 0 spiro atoms. The van der Waals surface area contributed by atoms with E-state index in [0.717, 1.165) is 10.2 Å². The first-order valence-corrected chi connectivity index (χ1v) is 9.17. The van der Waals surface area contributed by atoms with Gasteiger partial charge in [-0.3, -0.25) is 4.98 Å². The van der Waals surface area contributed by atoms with Gasteiger partial charge in [0.25, 0.3) is 0 Å². The average Bonchev–Trinajstić information content (AvgIpc) is 2.38. The number of nitrogens with zero attached hydrogens (tertiary/aromatic N) is 2. The van der Waals surface area contributed by atoms with Gasteiger partial charge < -0.3 is 0 Å². The van der Waals surface area contributed by atoms with Crippen LogP contribution in [-0.4, -0.2) is 24.8 Å². The van der Waals surface area contributed by atoms with Gasteiger partial charge in [-0.2, -0.15) is 4.31 Å². The molecule has 2 rings (SSSR count). The third-order valence-electron chi connectivity index (χ3n) is 2.91. The van der Waals surface area contributed by atoms with Crippen molar-refractivity contribution in [3.63, 3.8) is 0 Å². The minimum absolute atomic E-state index is 0.229. The fourth-order valence-electron chi connectivity index (χ4n) is 1.85. The smallest absolute Gasteiger partial charge is 0.244 e. The van der Waals surface area contributed by atoms with Crippen molar-refractivity contribution in [2.75, 3.05) is 7.05 Å². The number of halogens is 2. The lowest BCUT2D eigenvalue weighted by atomic mass is 10.3. The Hall–Kier alpha value is -0.760. The van der Waals surface area contributed by atoms with Crippen LogP contribution >= 0.6 is 31.9 Å². The number of hydrogen-bond donors (Lipinski definition) is 0. The van der Waals surface area contributed by atoms with E-state index in [4.69, 9.17) is 0 Å². The fourth-order valence-corrected chi connectivity index (χ4v) is 4.70. The molecule has 0 saturated carbocycles. The summed E-state index contributed by atoms with van der Waals surface area (Å²) in [7, 11) is -2.02. The minimum atomic E-state index is -3.57. The van der Waals surface area contributed by atoms with Gasteiger partial charge in [-0.15, -0.1) is 0 Å². The SMILES string of the molecule is Cc1cccc(CN(C)S(=O)(=O)c2ccc(Br)cc2Br)n1. The van der Waals surface area contributed by atoms with Crippen molar-refractivity contribution in [3.8, 4) is 0 Å². The van der Waals surface area contributed by atoms with E-state index in [1.54, 1.807) is 25.2 Å². The molecule has 0 radical (unpaired) electrons. The normalized spacial score (nSPS) is 11.9. The van der Waals surface area contributed by atoms with Gasteiger partial charge in [-0.25, -0.2) is 8.42 Å². The van der Waals surface area contributed by atoms with E-state index in [2.05, 4.69) is 36.8 Å². The Morgan fingerprint density at radius 1 is 1.19 bits per heavy atom. The lowest BCUT2D eigenvalue weighted by Crippen LogP contribution is -2.27. The first-order valence-electron chi connectivity index (χ1n) is 6.14. The third-order valence-corrected chi connectivity index (χ3v) is 6.19. The van der Waals surface area contributed by atoms with E-state index in [0.29, 0.717) is 10.2 Å². The summed E-state index contributed by atoms with van der Waals surface area (Å²) >= 11 is 6.61. The van der Waals surface area contributed by atoms with Gasteiger partial charge in [0.05, 0.1) is 17.1 Å². The number of hydrogen-bond acceptors (Lipinski definition) is 3. The summed E-state index contributed by atoms with van der Waals surface area (Å²) in [5, 5.41) is 0. The number of rotatable bonds is 4. The molecule has 1 aromatic carbocycles. The molecular formula is C14H14Br2N2O2S. The Labute approximate surface area is 141 Å². The van der Waals surface area contributed by atoms with Crippen molar-refractivity contribution in [2.45, 2.75) is 18.4 Å². The molecule has 0 fully saturated rings. The highest BCUT2D eigenvalue weighted by molar-refractivity contribution is 9.11. The molecule has 0 aliphatic carbocycles. The number of benzene rings is 1. The van der Waals surface area contributed by atoms with Gasteiger partial charge in [0, 0.05) is 21.7 Å². The molecule has 0 unspecified atom stereocenters. The molecular weight excluding hydrogens is 420 g/mol. The first-order chi connectivity index (χ1) is 9.80. The van der Waals surface area contributed by atoms with Gasteiger partial charge in [-0.05, 0) is 53.2 Å². The lowest BCUT2D eigenvalue weighted by molar-refractivity contribution is 0.461. The summed E-state index contributed by atoms with van der Waals surface area (Å²) in [6.45, 7) is 2.11. The number of aromatic nitrogens is 1. The second-order valence-electron chi connectivity index (χ2n) is 4.61. The Balaban J connectivity index is 2.30. The number of sulfonamides is 1. The fraction of sp³-hybridized carbons (Fsp3) is 0.214. The van der Waals surface area contributed by atoms with Crippen LogP contribution in [0.5, 0.6) is 0 Å². The van der Waals surface area contributed by atoms with Crippen molar-refractivity contribution in [1.82, 2.24) is 9.29 Å². The molecule has 0 aliphatic rings. The summed E-state index contributed by atoms with van der Waals surface area (Å²) in [6.07, 6.45) is 0. The summed E-state index contributed by atoms with van der Waals surface area (Å²) in [6, 6.07) is 10.6. The topological polar surface area (TPSA) is 50.3 Å². The monoisotopic (exact) mass is 432 g/mol. The maximum Gasteiger partial charge on any atom is 0.244 e. The zero-order chi connectivity index (χ0) is 15.6. The predicted octanol–water partition coefficient (Wildman–Crippen LogP) is 3.74. The highest BCUT2D eigenvalue weighted by Gasteiger charge is 2.23. The van der Waals surface area contributed by atoms with E-state index in [9.17, 15) is 8.42 Å². The summed E-state index contributed by atoms with van der Waals surface area (Å²) in [5.41, 5.74) is 1.58. The van der Waals surface area contributed by atoms with Crippen molar-refractivity contribution >= 4 is 41.9 Å². The second-order valence-corrected chi connectivity index (χ2v) is 8.39. The Kier molecular flexibility index (Phi) is 5.19. The number of pyridine rings is 1. The van der Waals surface area contributed by atoms with Crippen molar-refractivity contribution in [1.29, 1.82) is 0 Å². The van der Waals surface area contributed by atoms with Gasteiger partial charge in [-0.1, -0.05) is 22.0 Å². The van der Waals surface area contributed by atoms with Crippen LogP contribution in [0.2, 0.25) is 0 Å². The van der Waals surface area contributed by atoms with Crippen LogP contribution in [0.3, 0.4) is 0 Å². The molecule has 0 N–H and O–H groups in total. The molecule has 0 amide bonds. The van der Waals surface area contributed by atoms with Crippen LogP contribution in [0.1, 0.15) is 11.4 Å². The lowest BCUT2D eigenvalue weighted by Gasteiger charge is -2.18. The van der Waals surface area contributed by atoms with Crippen molar-refractivity contribution < 1.29 is 8.42 Å². The van der Waals surface area contributed by atoms with E-state index < -0.39 is 10.0 Å². The van der Waals surface area contributed by atoms with Crippen molar-refractivity contribution in [3.05, 3.63) is 56.7 Å². The maximum atomic E-state index is 12.6. The van der Waals surface area contributed by atoms with E-state index in [-0.39, 0.29) is 11.4 Å².